The van der Waals surface area contributed by atoms with Gasteiger partial charge in [0.1, 0.15) is 0 Å². The third-order valence-corrected chi connectivity index (χ3v) is 4.23. The van der Waals surface area contributed by atoms with Crippen molar-refractivity contribution in [2.75, 3.05) is 6.54 Å². The minimum absolute atomic E-state index is 0.102. The maximum absolute atomic E-state index is 10.4. The summed E-state index contributed by atoms with van der Waals surface area (Å²) < 4.78 is 1.86. The van der Waals surface area contributed by atoms with E-state index in [1.807, 2.05) is 60.3 Å². The first-order valence-electron chi connectivity index (χ1n) is 8.22. The summed E-state index contributed by atoms with van der Waals surface area (Å²) in [5.41, 5.74) is 4.32. The molecule has 2 aromatic carbocycles. The second kappa shape index (κ2) is 7.43. The van der Waals surface area contributed by atoms with Gasteiger partial charge in [-0.3, -0.25) is 0 Å². The van der Waals surface area contributed by atoms with Gasteiger partial charge in [0.05, 0.1) is 11.8 Å². The summed E-state index contributed by atoms with van der Waals surface area (Å²) in [6, 6.07) is 18.2. The average Bonchev–Trinajstić information content (AvgIpc) is 3.14. The van der Waals surface area contributed by atoms with E-state index in [4.69, 9.17) is 0 Å². The highest BCUT2D eigenvalue weighted by Gasteiger charge is 2.14. The van der Waals surface area contributed by atoms with Crippen molar-refractivity contribution >= 4 is 0 Å². The molecule has 1 aromatic heterocycles. The van der Waals surface area contributed by atoms with Crippen molar-refractivity contribution in [2.45, 2.75) is 26.0 Å². The number of rotatable bonds is 6. The number of benzene rings is 2. The van der Waals surface area contributed by atoms with Crippen molar-refractivity contribution < 1.29 is 5.11 Å². The first kappa shape index (κ1) is 16.4. The Bertz CT molecular complexity index is 766. The minimum atomic E-state index is -0.523. The monoisotopic (exact) mass is 321 g/mol. The fourth-order valence-electron chi connectivity index (χ4n) is 2.78. The van der Waals surface area contributed by atoms with Gasteiger partial charge in [-0.2, -0.15) is 5.10 Å². The molecule has 0 aliphatic rings. The number of hydrogen-bond donors (Lipinski definition) is 2. The van der Waals surface area contributed by atoms with Gasteiger partial charge in [0, 0.05) is 25.0 Å². The van der Waals surface area contributed by atoms with Crippen LogP contribution in [0.25, 0.3) is 5.69 Å². The predicted molar refractivity (Wildman–Crippen MR) is 96.1 cm³/mol. The van der Waals surface area contributed by atoms with Crippen LogP contribution in [0.3, 0.4) is 0 Å². The normalized spacial score (nSPS) is 13.6. The van der Waals surface area contributed by atoms with Gasteiger partial charge >= 0.3 is 0 Å². The molecular weight excluding hydrogens is 298 g/mol. The van der Waals surface area contributed by atoms with Gasteiger partial charge in [-0.05, 0) is 37.1 Å². The summed E-state index contributed by atoms with van der Waals surface area (Å²) in [7, 11) is 0. The van der Waals surface area contributed by atoms with E-state index in [1.165, 1.54) is 5.56 Å². The molecule has 0 amide bonds. The van der Waals surface area contributed by atoms with Crippen LogP contribution in [0.15, 0.2) is 67.0 Å². The molecule has 0 aliphatic carbocycles. The van der Waals surface area contributed by atoms with E-state index in [2.05, 4.69) is 29.5 Å². The lowest BCUT2D eigenvalue weighted by Crippen LogP contribution is -2.25. The van der Waals surface area contributed by atoms with Crippen LogP contribution < -0.4 is 5.32 Å². The lowest BCUT2D eigenvalue weighted by atomic mass is 10.0. The molecule has 0 saturated heterocycles. The molecule has 124 valence electrons. The largest absolute Gasteiger partial charge is 0.387 e. The molecule has 0 aliphatic heterocycles. The molecule has 2 atom stereocenters. The van der Waals surface area contributed by atoms with Crippen LogP contribution in [-0.2, 0) is 0 Å². The number of para-hydroxylation sites is 1. The van der Waals surface area contributed by atoms with E-state index in [-0.39, 0.29) is 6.04 Å². The number of aliphatic hydroxyl groups is 1. The molecule has 3 rings (SSSR count). The quantitative estimate of drug-likeness (QED) is 0.730. The summed E-state index contributed by atoms with van der Waals surface area (Å²) >= 11 is 0. The smallest absolute Gasteiger partial charge is 0.0914 e. The number of hydrogen-bond acceptors (Lipinski definition) is 3. The molecule has 0 saturated carbocycles. The summed E-state index contributed by atoms with van der Waals surface area (Å²) in [5, 5.41) is 18.1. The maximum Gasteiger partial charge on any atom is 0.0914 e. The molecule has 2 N–H and O–H groups in total. The van der Waals surface area contributed by atoms with Crippen LogP contribution in [-0.4, -0.2) is 21.4 Å². The molecule has 0 unspecified atom stereocenters. The van der Waals surface area contributed by atoms with Gasteiger partial charge in [0.15, 0.2) is 0 Å². The van der Waals surface area contributed by atoms with E-state index in [1.54, 1.807) is 6.20 Å². The maximum atomic E-state index is 10.4. The SMILES string of the molecule is Cc1ccc([C@@H](O)CN[C@@H](C)c2ccccc2-n2cccn2)cc1. The minimum Gasteiger partial charge on any atom is -0.387 e. The van der Waals surface area contributed by atoms with Crippen LogP contribution in [0.1, 0.15) is 35.8 Å². The first-order valence-corrected chi connectivity index (χ1v) is 8.22. The molecule has 24 heavy (non-hydrogen) atoms. The molecular formula is C20H23N3O. The van der Waals surface area contributed by atoms with Gasteiger partial charge in [-0.1, -0.05) is 48.0 Å². The van der Waals surface area contributed by atoms with Crippen LogP contribution in [0.4, 0.5) is 0 Å². The summed E-state index contributed by atoms with van der Waals surface area (Å²) in [5.74, 6) is 0. The van der Waals surface area contributed by atoms with Crippen molar-refractivity contribution in [1.82, 2.24) is 15.1 Å². The van der Waals surface area contributed by atoms with E-state index >= 15 is 0 Å². The Morgan fingerprint density at radius 1 is 1.08 bits per heavy atom. The van der Waals surface area contributed by atoms with Gasteiger partial charge in [-0.25, -0.2) is 4.68 Å². The highest BCUT2D eigenvalue weighted by atomic mass is 16.3. The molecule has 1 heterocycles. The molecule has 0 radical (unpaired) electrons. The Labute approximate surface area is 142 Å². The molecule has 0 fully saturated rings. The van der Waals surface area contributed by atoms with Crippen molar-refractivity contribution in [3.63, 3.8) is 0 Å². The van der Waals surface area contributed by atoms with Crippen LogP contribution in [0.2, 0.25) is 0 Å². The second-order valence-corrected chi connectivity index (χ2v) is 6.07. The predicted octanol–water partition coefficient (Wildman–Crippen LogP) is 3.56. The molecule has 3 aromatic rings. The number of nitrogens with zero attached hydrogens (tertiary/aromatic N) is 2. The number of aryl methyl sites for hydroxylation is 1. The van der Waals surface area contributed by atoms with Crippen molar-refractivity contribution in [3.8, 4) is 5.69 Å². The van der Waals surface area contributed by atoms with Gasteiger partial charge in [0.2, 0.25) is 0 Å². The van der Waals surface area contributed by atoms with E-state index < -0.39 is 6.10 Å². The lowest BCUT2D eigenvalue weighted by Gasteiger charge is -2.20. The molecule has 4 nitrogen and oxygen atoms in total. The standard InChI is InChI=1S/C20H23N3O/c1-15-8-10-17(11-9-15)20(24)14-21-16(2)18-6-3-4-7-19(18)23-13-5-12-22-23/h3-13,16,20-21,24H,14H2,1-2H3/t16-,20-/m0/s1. The Kier molecular flexibility index (Phi) is 5.08. The summed E-state index contributed by atoms with van der Waals surface area (Å²) in [6.45, 7) is 4.64. The zero-order valence-corrected chi connectivity index (χ0v) is 14.1. The third-order valence-electron chi connectivity index (χ3n) is 4.23. The van der Waals surface area contributed by atoms with Gasteiger partial charge in [0.25, 0.3) is 0 Å². The third kappa shape index (κ3) is 3.72. The van der Waals surface area contributed by atoms with E-state index in [0.29, 0.717) is 6.54 Å². The summed E-state index contributed by atoms with van der Waals surface area (Å²) in [6.07, 6.45) is 3.19. The fraction of sp³-hybridized carbons (Fsp3) is 0.250. The molecule has 4 heteroatoms. The molecule has 0 spiro atoms. The van der Waals surface area contributed by atoms with Gasteiger partial charge in [-0.15, -0.1) is 0 Å². The highest BCUT2D eigenvalue weighted by Crippen LogP contribution is 2.22. The van der Waals surface area contributed by atoms with Crippen molar-refractivity contribution in [2.24, 2.45) is 0 Å². The summed E-state index contributed by atoms with van der Waals surface area (Å²) in [4.78, 5) is 0. The average molecular weight is 321 g/mol. The topological polar surface area (TPSA) is 50.1 Å². The fourth-order valence-corrected chi connectivity index (χ4v) is 2.78. The Morgan fingerprint density at radius 3 is 2.54 bits per heavy atom. The zero-order valence-electron chi connectivity index (χ0n) is 14.1. The van der Waals surface area contributed by atoms with Crippen LogP contribution in [0.5, 0.6) is 0 Å². The molecule has 0 bridgehead atoms. The Morgan fingerprint density at radius 2 is 1.83 bits per heavy atom. The zero-order chi connectivity index (χ0) is 16.9. The van der Waals surface area contributed by atoms with Crippen LogP contribution >= 0.6 is 0 Å². The number of nitrogens with one attached hydrogen (secondary N) is 1. The van der Waals surface area contributed by atoms with Crippen molar-refractivity contribution in [1.29, 1.82) is 0 Å². The second-order valence-electron chi connectivity index (χ2n) is 6.07. The van der Waals surface area contributed by atoms with Crippen molar-refractivity contribution in [3.05, 3.63) is 83.7 Å². The van der Waals surface area contributed by atoms with E-state index in [0.717, 1.165) is 16.8 Å². The van der Waals surface area contributed by atoms with Gasteiger partial charge < -0.3 is 10.4 Å². The van der Waals surface area contributed by atoms with E-state index in [9.17, 15) is 5.11 Å². The number of aliphatic hydroxyl groups excluding tert-OH is 1. The Hall–Kier alpha value is -2.43. The Balaban J connectivity index is 1.69. The lowest BCUT2D eigenvalue weighted by molar-refractivity contribution is 0.171. The van der Waals surface area contributed by atoms with Crippen LogP contribution in [0, 0.1) is 6.92 Å². The number of aromatic nitrogens is 2. The highest BCUT2D eigenvalue weighted by molar-refractivity contribution is 5.42. The first-order chi connectivity index (χ1) is 11.6.